The van der Waals surface area contributed by atoms with Gasteiger partial charge in [-0.1, -0.05) is 5.16 Å². The molecule has 4 N–H and O–H groups in total. The van der Waals surface area contributed by atoms with Crippen LogP contribution in [-0.2, 0) is 31.1 Å². The fourth-order valence-electron chi connectivity index (χ4n) is 3.50. The van der Waals surface area contributed by atoms with Crippen LogP contribution in [0.2, 0.25) is 0 Å². The molecule has 2 aromatic rings. The maximum Gasteiger partial charge on any atom is 0.344 e. The van der Waals surface area contributed by atoms with E-state index in [1.165, 1.54) is 28.9 Å². The number of rotatable bonds is 10. The number of carboxylic acid groups (broad SMARTS) is 2. The van der Waals surface area contributed by atoms with Gasteiger partial charge in [-0.2, -0.15) is 0 Å². The number of β-lactam (4-membered cyclic amide) rings is 1. The number of pyridine rings is 1. The zero-order valence-corrected chi connectivity index (χ0v) is 21.6. The maximum absolute atomic E-state index is 13.0. The Labute approximate surface area is 222 Å². The molecule has 13 nitrogen and oxygen atoms in total. The number of fused-ring (bicyclic) bond motifs is 1. The maximum atomic E-state index is 13.0. The third kappa shape index (κ3) is 5.86. The van der Waals surface area contributed by atoms with Crippen molar-refractivity contribution in [1.82, 2.24) is 15.2 Å². The molecule has 2 aromatic heterocycles. The summed E-state index contributed by atoms with van der Waals surface area (Å²) in [6.45, 7) is -0.799. The fraction of sp³-hybridized carbons (Fsp3) is 0.286. The Bertz CT molecular complexity index is 1310. The number of thiazole rings is 1. The van der Waals surface area contributed by atoms with Gasteiger partial charge >= 0.3 is 5.97 Å². The molecule has 0 spiro atoms. The largest absolute Gasteiger partial charge is 0.543 e. The minimum atomic E-state index is -1.47. The normalized spacial score (nSPS) is 19.2. The number of thioether (sulfide) groups is 2. The van der Waals surface area contributed by atoms with Gasteiger partial charge in [0.15, 0.2) is 23.2 Å². The number of hydrogen-bond donors (Lipinski definition) is 3. The van der Waals surface area contributed by atoms with Crippen LogP contribution >= 0.6 is 34.9 Å². The van der Waals surface area contributed by atoms with E-state index < -0.39 is 41.8 Å². The number of nitrogens with zero attached hydrogens (tertiary/aromatic N) is 4. The van der Waals surface area contributed by atoms with Crippen LogP contribution in [-0.4, -0.2) is 74.0 Å². The van der Waals surface area contributed by atoms with Crippen LogP contribution in [0.3, 0.4) is 0 Å². The van der Waals surface area contributed by atoms with Gasteiger partial charge in [-0.05, 0) is 5.57 Å². The van der Waals surface area contributed by atoms with Gasteiger partial charge < -0.3 is 30.9 Å². The van der Waals surface area contributed by atoms with E-state index in [2.05, 4.69) is 15.5 Å². The zero-order valence-electron chi connectivity index (χ0n) is 19.2. The molecule has 4 rings (SSSR count). The van der Waals surface area contributed by atoms with Crippen molar-refractivity contribution in [3.05, 3.63) is 46.9 Å². The van der Waals surface area contributed by atoms with Crippen LogP contribution in [0.4, 0.5) is 5.13 Å². The van der Waals surface area contributed by atoms with Crippen molar-refractivity contribution in [2.75, 3.05) is 23.8 Å². The van der Waals surface area contributed by atoms with Gasteiger partial charge in [-0.3, -0.25) is 14.5 Å². The van der Waals surface area contributed by atoms with E-state index >= 15 is 0 Å². The number of nitrogens with two attached hydrogens (primary N) is 1. The number of carbonyl (C=O) groups is 4. The van der Waals surface area contributed by atoms with E-state index in [1.807, 2.05) is 36.1 Å². The number of amides is 2. The zero-order chi connectivity index (χ0) is 26.7. The monoisotopic (exact) mass is 564 g/mol. The summed E-state index contributed by atoms with van der Waals surface area (Å²) in [6, 6.07) is 2.76. The first kappa shape index (κ1) is 26.4. The Kier molecular flexibility index (Phi) is 7.99. The number of carbonyl (C=O) groups excluding carboxylic acids is 3. The van der Waals surface area contributed by atoms with E-state index in [0.717, 1.165) is 21.1 Å². The molecule has 4 heterocycles. The first-order valence-corrected chi connectivity index (χ1v) is 13.5. The van der Waals surface area contributed by atoms with Crippen LogP contribution in [0.5, 0.6) is 0 Å². The molecule has 0 saturated carbocycles. The predicted molar refractivity (Wildman–Crippen MR) is 132 cm³/mol. The molecule has 37 heavy (non-hydrogen) atoms. The van der Waals surface area contributed by atoms with Crippen LogP contribution in [0.1, 0.15) is 5.69 Å². The lowest BCUT2D eigenvalue weighted by molar-refractivity contribution is -0.671. The second kappa shape index (κ2) is 11.2. The van der Waals surface area contributed by atoms with Gasteiger partial charge in [0.1, 0.15) is 24.2 Å². The summed E-state index contributed by atoms with van der Waals surface area (Å²) in [7, 11) is 1.89. The topological polar surface area (TPSA) is 191 Å². The Balaban J connectivity index is 1.48. The summed E-state index contributed by atoms with van der Waals surface area (Å²) in [5.74, 6) is -3.58. The average Bonchev–Trinajstić information content (AvgIpc) is 3.29. The molecule has 0 unspecified atom stereocenters. The van der Waals surface area contributed by atoms with Crippen molar-refractivity contribution >= 4 is 69.5 Å². The van der Waals surface area contributed by atoms with Crippen LogP contribution in [0, 0.1) is 0 Å². The van der Waals surface area contributed by atoms with Crippen LogP contribution in [0.25, 0.3) is 0 Å². The summed E-state index contributed by atoms with van der Waals surface area (Å²) < 4.78 is 1.88. The summed E-state index contributed by atoms with van der Waals surface area (Å²) in [4.78, 5) is 59.3. The molecule has 194 valence electrons. The van der Waals surface area contributed by atoms with Crippen LogP contribution in [0.15, 0.2) is 51.2 Å². The number of oxime groups is 1. The Morgan fingerprint density at radius 3 is 2.76 bits per heavy atom. The summed E-state index contributed by atoms with van der Waals surface area (Å²) in [6.07, 6.45) is 3.75. The highest BCUT2D eigenvalue weighted by atomic mass is 32.2. The standard InChI is InChI=1S/C21H20N6O7S3/c1-26-4-2-11(3-5-26)35-7-10-8-36-19-15(18(31)27(19)16(10)20(32)33)24-17(30)14(25-34-6-13(28)29)12-9-37-21(22)23-12/h2-5,9,15,19H,6-8H2,1H3,(H4-,22,23,24,28,29,30,32,33)/b25-14-/t15-,19-/m1/s1. The molecule has 1 saturated heterocycles. The molecule has 0 aliphatic carbocycles. The highest BCUT2D eigenvalue weighted by Crippen LogP contribution is 2.41. The highest BCUT2D eigenvalue weighted by molar-refractivity contribution is 8.01. The summed E-state index contributed by atoms with van der Waals surface area (Å²) >= 11 is 3.78. The Morgan fingerprint density at radius 1 is 1.41 bits per heavy atom. The lowest BCUT2D eigenvalue weighted by atomic mass is 10.0. The third-order valence-electron chi connectivity index (χ3n) is 5.21. The van der Waals surface area contributed by atoms with E-state index in [-0.39, 0.29) is 22.2 Å². The number of aryl methyl sites for hydroxylation is 1. The van der Waals surface area contributed by atoms with Gasteiger partial charge in [0.2, 0.25) is 6.61 Å². The number of hydrogen-bond acceptors (Lipinski definition) is 12. The number of nitrogens with one attached hydrogen (secondary N) is 1. The smallest absolute Gasteiger partial charge is 0.344 e. The minimum Gasteiger partial charge on any atom is -0.543 e. The molecular weight excluding hydrogens is 544 g/mol. The molecular formula is C21H20N6O7S3. The predicted octanol–water partition coefficient (Wildman–Crippen LogP) is -1.45. The average molecular weight is 565 g/mol. The van der Waals surface area contributed by atoms with Crippen molar-refractivity contribution in [3.63, 3.8) is 0 Å². The van der Waals surface area contributed by atoms with Crippen molar-refractivity contribution in [1.29, 1.82) is 0 Å². The molecule has 16 heteroatoms. The van der Waals surface area contributed by atoms with E-state index in [4.69, 9.17) is 15.7 Å². The first-order chi connectivity index (χ1) is 17.7. The highest BCUT2D eigenvalue weighted by Gasteiger charge is 2.53. The van der Waals surface area contributed by atoms with E-state index in [0.29, 0.717) is 17.1 Å². The number of nitrogen functional groups attached to an aromatic ring is 1. The Morgan fingerprint density at radius 2 is 2.14 bits per heavy atom. The van der Waals surface area contributed by atoms with Crippen molar-refractivity contribution in [3.8, 4) is 0 Å². The fourth-order valence-corrected chi connectivity index (χ4v) is 6.42. The molecule has 2 atom stereocenters. The second-order valence-electron chi connectivity index (χ2n) is 7.77. The number of carboxylic acids is 2. The Hall–Kier alpha value is -3.63. The molecule has 1 fully saturated rings. The van der Waals surface area contributed by atoms with Gasteiger partial charge in [-0.15, -0.1) is 34.9 Å². The van der Waals surface area contributed by atoms with Gasteiger partial charge in [0.25, 0.3) is 11.8 Å². The lowest BCUT2D eigenvalue weighted by Crippen LogP contribution is -2.71. The van der Waals surface area contributed by atoms with Crippen molar-refractivity contribution in [2.45, 2.75) is 16.3 Å². The molecule has 2 aliphatic heterocycles. The molecule has 0 bridgehead atoms. The molecule has 0 aromatic carbocycles. The first-order valence-electron chi connectivity index (χ1n) is 10.6. The molecule has 2 aliphatic rings. The number of anilines is 1. The second-order valence-corrected chi connectivity index (χ2v) is 10.8. The summed E-state index contributed by atoms with van der Waals surface area (Å²) in [5, 5.41) is 27.7. The number of aromatic nitrogens is 2. The van der Waals surface area contributed by atoms with Crippen LogP contribution < -0.4 is 20.7 Å². The number of aliphatic carboxylic acids is 2. The van der Waals surface area contributed by atoms with Crippen molar-refractivity contribution < 1.29 is 38.8 Å². The van der Waals surface area contributed by atoms with E-state index in [9.17, 15) is 24.3 Å². The third-order valence-corrected chi connectivity index (χ3v) is 8.32. The van der Waals surface area contributed by atoms with Gasteiger partial charge in [0.05, 0.1) is 11.7 Å². The lowest BCUT2D eigenvalue weighted by Gasteiger charge is -2.50. The van der Waals surface area contributed by atoms with Gasteiger partial charge in [0, 0.05) is 33.9 Å². The molecule has 0 radical (unpaired) electrons. The summed E-state index contributed by atoms with van der Waals surface area (Å²) in [5.41, 5.74) is 5.63. The van der Waals surface area contributed by atoms with Gasteiger partial charge in [-0.25, -0.2) is 14.3 Å². The minimum absolute atomic E-state index is 0.0365. The van der Waals surface area contributed by atoms with E-state index in [1.54, 1.807) is 0 Å². The molecule has 2 amide bonds. The van der Waals surface area contributed by atoms with Crippen molar-refractivity contribution in [2.24, 2.45) is 12.2 Å². The quantitative estimate of drug-likeness (QED) is 0.101. The SMILES string of the molecule is C[n+]1ccc(SCC2=C(C(=O)[O-])N3C(=O)[C@@H](NC(=O)/C(=N\OCC(=O)O)c4csc(N)n4)[C@H]3SC2)cc1.